The number of hydrogen-bond donors (Lipinski definition) is 0. The molecule has 128 valence electrons. The number of aromatic nitrogens is 2. The number of nitrogens with zero attached hydrogens (tertiary/aromatic N) is 3. The molecule has 0 N–H and O–H groups in total. The molecule has 0 aliphatic carbocycles. The van der Waals surface area contributed by atoms with Crippen LogP contribution in [0.25, 0.3) is 11.5 Å². The molecule has 24 heavy (non-hydrogen) atoms. The van der Waals surface area contributed by atoms with Gasteiger partial charge < -0.3 is 9.32 Å². The minimum Gasteiger partial charge on any atom is -0.411 e. The highest BCUT2D eigenvalue weighted by Crippen LogP contribution is 2.25. The number of rotatable bonds is 4. The second-order valence-electron chi connectivity index (χ2n) is 6.77. The van der Waals surface area contributed by atoms with Crippen molar-refractivity contribution < 1.29 is 9.21 Å². The van der Waals surface area contributed by atoms with E-state index >= 15 is 0 Å². The van der Waals surface area contributed by atoms with Crippen molar-refractivity contribution in [1.82, 2.24) is 15.1 Å². The van der Waals surface area contributed by atoms with Crippen molar-refractivity contribution >= 4 is 17.7 Å². The van der Waals surface area contributed by atoms with E-state index in [2.05, 4.69) is 24.0 Å². The van der Waals surface area contributed by atoms with Gasteiger partial charge in [-0.15, -0.1) is 10.2 Å². The maximum atomic E-state index is 12.4. The van der Waals surface area contributed by atoms with E-state index in [-0.39, 0.29) is 5.91 Å². The lowest BCUT2D eigenvalue weighted by Gasteiger charge is -2.34. The molecule has 1 amide bonds. The number of likely N-dealkylation sites (tertiary alicyclic amines) is 1. The second-order valence-corrected chi connectivity index (χ2v) is 7.70. The van der Waals surface area contributed by atoms with E-state index < -0.39 is 0 Å². The Morgan fingerprint density at radius 2 is 1.88 bits per heavy atom. The van der Waals surface area contributed by atoms with E-state index in [0.717, 1.165) is 18.7 Å². The lowest BCUT2D eigenvalue weighted by atomic mass is 9.92. The summed E-state index contributed by atoms with van der Waals surface area (Å²) in [6.07, 6.45) is 1.19. The summed E-state index contributed by atoms with van der Waals surface area (Å²) in [5.74, 6) is 2.12. The van der Waals surface area contributed by atoms with Gasteiger partial charge in [-0.25, -0.2) is 0 Å². The van der Waals surface area contributed by atoms with E-state index in [1.165, 1.54) is 23.7 Å². The van der Waals surface area contributed by atoms with Crippen LogP contribution in [0.3, 0.4) is 0 Å². The molecule has 5 nitrogen and oxygen atoms in total. The average Bonchev–Trinajstić information content (AvgIpc) is 3.01. The first kappa shape index (κ1) is 17.0. The Morgan fingerprint density at radius 3 is 2.54 bits per heavy atom. The third-order valence-corrected chi connectivity index (χ3v) is 5.05. The van der Waals surface area contributed by atoms with Gasteiger partial charge in [0.2, 0.25) is 11.8 Å². The zero-order valence-corrected chi connectivity index (χ0v) is 15.2. The van der Waals surface area contributed by atoms with Crippen LogP contribution in [-0.2, 0) is 4.79 Å². The van der Waals surface area contributed by atoms with Crippen molar-refractivity contribution in [2.75, 3.05) is 18.8 Å². The minimum atomic E-state index is 0.147. The summed E-state index contributed by atoms with van der Waals surface area (Å²) in [6, 6.07) is 7.93. The maximum absolute atomic E-state index is 12.4. The van der Waals surface area contributed by atoms with E-state index in [1.807, 2.05) is 36.1 Å². The summed E-state index contributed by atoms with van der Waals surface area (Å²) in [4.78, 5) is 14.4. The molecule has 0 spiro atoms. The SMILES string of the molecule is Cc1ccc(-c2nnc(SCC(=O)N3C[C@@H](C)C[C@H](C)C3)o2)cc1. The van der Waals surface area contributed by atoms with Gasteiger partial charge in [-0.2, -0.15) is 0 Å². The van der Waals surface area contributed by atoms with Crippen molar-refractivity contribution in [2.45, 2.75) is 32.4 Å². The normalized spacial score (nSPS) is 21.0. The number of carbonyl (C=O) groups is 1. The third-order valence-electron chi connectivity index (χ3n) is 4.25. The summed E-state index contributed by atoms with van der Waals surface area (Å²) in [5.41, 5.74) is 2.08. The molecule has 2 heterocycles. The molecular weight excluding hydrogens is 322 g/mol. The summed E-state index contributed by atoms with van der Waals surface area (Å²) < 4.78 is 5.66. The molecule has 6 heteroatoms. The summed E-state index contributed by atoms with van der Waals surface area (Å²) in [6.45, 7) is 8.14. The van der Waals surface area contributed by atoms with Gasteiger partial charge in [0, 0.05) is 18.7 Å². The van der Waals surface area contributed by atoms with Crippen molar-refractivity contribution in [1.29, 1.82) is 0 Å². The van der Waals surface area contributed by atoms with Gasteiger partial charge >= 0.3 is 0 Å². The largest absolute Gasteiger partial charge is 0.411 e. The zero-order valence-electron chi connectivity index (χ0n) is 14.4. The molecule has 1 fully saturated rings. The quantitative estimate of drug-likeness (QED) is 0.792. The lowest BCUT2D eigenvalue weighted by molar-refractivity contribution is -0.130. The zero-order chi connectivity index (χ0) is 17.1. The molecule has 2 aromatic rings. The fourth-order valence-electron chi connectivity index (χ4n) is 3.16. The van der Waals surface area contributed by atoms with E-state index in [9.17, 15) is 4.79 Å². The molecule has 1 aromatic carbocycles. The summed E-state index contributed by atoms with van der Waals surface area (Å²) >= 11 is 1.31. The van der Waals surface area contributed by atoms with E-state index in [4.69, 9.17) is 4.42 Å². The molecule has 0 saturated carbocycles. The van der Waals surface area contributed by atoms with Gasteiger partial charge in [0.15, 0.2) is 0 Å². The first-order chi connectivity index (χ1) is 11.5. The number of piperidine rings is 1. The van der Waals surface area contributed by atoms with Gasteiger partial charge in [0.05, 0.1) is 5.75 Å². The molecular formula is C18H23N3O2S. The fraction of sp³-hybridized carbons (Fsp3) is 0.500. The number of benzene rings is 1. The highest BCUT2D eigenvalue weighted by molar-refractivity contribution is 7.99. The monoisotopic (exact) mass is 345 g/mol. The Kier molecular flexibility index (Phi) is 5.23. The van der Waals surface area contributed by atoms with Crippen LogP contribution in [0.1, 0.15) is 25.8 Å². The van der Waals surface area contributed by atoms with Crippen LogP contribution < -0.4 is 0 Å². The smallest absolute Gasteiger partial charge is 0.277 e. The summed E-state index contributed by atoms with van der Waals surface area (Å²) in [7, 11) is 0. The second kappa shape index (κ2) is 7.38. The number of carbonyl (C=O) groups excluding carboxylic acids is 1. The minimum absolute atomic E-state index is 0.147. The van der Waals surface area contributed by atoms with Gasteiger partial charge in [-0.1, -0.05) is 43.3 Å². The van der Waals surface area contributed by atoms with Crippen LogP contribution in [0, 0.1) is 18.8 Å². The van der Waals surface area contributed by atoms with Gasteiger partial charge in [0.1, 0.15) is 0 Å². The Morgan fingerprint density at radius 1 is 1.21 bits per heavy atom. The number of aryl methyl sites for hydroxylation is 1. The van der Waals surface area contributed by atoms with Crippen LogP contribution in [0.15, 0.2) is 33.9 Å². The fourth-order valence-corrected chi connectivity index (χ4v) is 3.83. The molecule has 1 aliphatic rings. The molecule has 1 aromatic heterocycles. The van der Waals surface area contributed by atoms with Crippen LogP contribution in [-0.4, -0.2) is 39.8 Å². The van der Waals surface area contributed by atoms with Gasteiger partial charge in [-0.3, -0.25) is 4.79 Å². The Bertz CT molecular complexity index is 689. The topological polar surface area (TPSA) is 59.2 Å². The number of thioether (sulfide) groups is 1. The molecule has 0 unspecified atom stereocenters. The predicted molar refractivity (Wildman–Crippen MR) is 94.7 cm³/mol. The van der Waals surface area contributed by atoms with E-state index in [1.54, 1.807) is 0 Å². The molecule has 2 atom stereocenters. The molecule has 1 saturated heterocycles. The van der Waals surface area contributed by atoms with Crippen molar-refractivity contribution in [2.24, 2.45) is 11.8 Å². The highest BCUT2D eigenvalue weighted by atomic mass is 32.2. The highest BCUT2D eigenvalue weighted by Gasteiger charge is 2.25. The summed E-state index contributed by atoms with van der Waals surface area (Å²) in [5, 5.41) is 8.55. The number of amides is 1. The first-order valence-corrected chi connectivity index (χ1v) is 9.31. The lowest BCUT2D eigenvalue weighted by Crippen LogP contribution is -2.43. The molecule has 0 bridgehead atoms. The van der Waals surface area contributed by atoms with Crippen LogP contribution in [0.4, 0.5) is 0 Å². The van der Waals surface area contributed by atoms with E-state index in [0.29, 0.717) is 28.7 Å². The molecule has 3 rings (SSSR count). The number of hydrogen-bond acceptors (Lipinski definition) is 5. The van der Waals surface area contributed by atoms with Crippen molar-refractivity contribution in [3.63, 3.8) is 0 Å². The van der Waals surface area contributed by atoms with Crippen molar-refractivity contribution in [3.8, 4) is 11.5 Å². The maximum Gasteiger partial charge on any atom is 0.277 e. The van der Waals surface area contributed by atoms with Gasteiger partial charge in [-0.05, 0) is 37.3 Å². The van der Waals surface area contributed by atoms with Crippen LogP contribution in [0.5, 0.6) is 0 Å². The van der Waals surface area contributed by atoms with Crippen molar-refractivity contribution in [3.05, 3.63) is 29.8 Å². The molecule has 0 radical (unpaired) electrons. The molecule has 1 aliphatic heterocycles. The Hall–Kier alpha value is -1.82. The Labute approximate surface area is 146 Å². The average molecular weight is 345 g/mol. The first-order valence-electron chi connectivity index (χ1n) is 8.32. The third kappa shape index (κ3) is 4.17. The van der Waals surface area contributed by atoms with Crippen LogP contribution >= 0.6 is 11.8 Å². The Balaban J connectivity index is 1.57. The standard InChI is InChI=1S/C18H23N3O2S/c1-12-4-6-15(7-5-12)17-19-20-18(23-17)24-11-16(22)21-9-13(2)8-14(3)10-21/h4-7,13-14H,8-11H2,1-3H3/t13-,14-/m0/s1. The van der Waals surface area contributed by atoms with Gasteiger partial charge in [0.25, 0.3) is 5.22 Å². The predicted octanol–water partition coefficient (Wildman–Crippen LogP) is 3.64. The van der Waals surface area contributed by atoms with Crippen LogP contribution in [0.2, 0.25) is 0 Å².